The third-order valence-corrected chi connectivity index (χ3v) is 6.82. The summed E-state index contributed by atoms with van der Waals surface area (Å²) in [5, 5.41) is 7.95. The van der Waals surface area contributed by atoms with E-state index >= 15 is 4.39 Å². The van der Waals surface area contributed by atoms with Crippen LogP contribution in [0.2, 0.25) is 0 Å². The molecule has 0 amide bonds. The van der Waals surface area contributed by atoms with Gasteiger partial charge in [-0.2, -0.15) is 5.10 Å². The fraction of sp³-hybridized carbons (Fsp3) is 0.346. The number of aromatic nitrogens is 7. The smallest absolute Gasteiger partial charge is 0.261 e. The molecule has 196 valence electrons. The molecule has 5 aromatic rings. The molecule has 38 heavy (non-hydrogen) atoms. The summed E-state index contributed by atoms with van der Waals surface area (Å²) in [7, 11) is 3.35. The van der Waals surface area contributed by atoms with Crippen LogP contribution >= 0.6 is 0 Å². The molecule has 1 fully saturated rings. The molecule has 0 bridgehead atoms. The number of methoxy groups -OCH3 is 1. The third kappa shape index (κ3) is 4.36. The van der Waals surface area contributed by atoms with Gasteiger partial charge in [0.1, 0.15) is 28.5 Å². The van der Waals surface area contributed by atoms with Gasteiger partial charge in [-0.15, -0.1) is 0 Å². The number of imidazole rings is 1. The van der Waals surface area contributed by atoms with Gasteiger partial charge in [0.05, 0.1) is 23.3 Å². The fourth-order valence-corrected chi connectivity index (χ4v) is 5.07. The number of H-pyrrole nitrogens is 2. The Bertz CT molecular complexity index is 1650. The van der Waals surface area contributed by atoms with E-state index in [9.17, 15) is 4.79 Å². The van der Waals surface area contributed by atoms with Gasteiger partial charge >= 0.3 is 0 Å². The Morgan fingerprint density at radius 2 is 1.89 bits per heavy atom. The predicted molar refractivity (Wildman–Crippen MR) is 143 cm³/mol. The molecule has 1 atom stereocenters. The second-order valence-corrected chi connectivity index (χ2v) is 9.49. The standard InChI is InChI=1S/C26H28FN9O2/c1-35-13-18-22(34-35)23(30-19(14-38-2)24-28-7-6-8-29-24)20(26(37)32-18)25-31-17-12-15(11-16(27)21(17)33-25)36-9-4-3-5-10-36/h6-8,11-13,19,30H,3-5,9-10,14H2,1-2H3,(H,31,33)(H,32,37)/t19-/m1/s1. The summed E-state index contributed by atoms with van der Waals surface area (Å²) in [6.07, 6.45) is 8.35. The highest BCUT2D eigenvalue weighted by atomic mass is 19.1. The minimum absolute atomic E-state index is 0.173. The van der Waals surface area contributed by atoms with Crippen LogP contribution in [0.15, 0.2) is 41.6 Å². The van der Waals surface area contributed by atoms with Crippen LogP contribution in [0.1, 0.15) is 31.1 Å². The van der Waals surface area contributed by atoms with Crippen molar-refractivity contribution in [2.24, 2.45) is 7.05 Å². The molecule has 6 rings (SSSR count). The Morgan fingerprint density at radius 3 is 2.66 bits per heavy atom. The number of hydrogen-bond donors (Lipinski definition) is 3. The van der Waals surface area contributed by atoms with Gasteiger partial charge in [-0.05, 0) is 37.5 Å². The molecular formula is C26H28FN9O2. The zero-order chi connectivity index (χ0) is 26.2. The molecule has 0 spiro atoms. The number of halogens is 1. The van der Waals surface area contributed by atoms with Gasteiger partial charge in [-0.1, -0.05) is 0 Å². The van der Waals surface area contributed by atoms with Gasteiger partial charge in [-0.3, -0.25) is 9.48 Å². The number of aryl methyl sites for hydroxylation is 1. The van der Waals surface area contributed by atoms with Gasteiger partial charge in [-0.25, -0.2) is 19.3 Å². The lowest BCUT2D eigenvalue weighted by atomic mass is 10.1. The number of nitrogens with zero attached hydrogens (tertiary/aromatic N) is 6. The Morgan fingerprint density at radius 1 is 1.11 bits per heavy atom. The molecule has 1 aliphatic rings. The van der Waals surface area contributed by atoms with Gasteiger partial charge in [0.25, 0.3) is 5.56 Å². The predicted octanol–water partition coefficient (Wildman–Crippen LogP) is 3.52. The summed E-state index contributed by atoms with van der Waals surface area (Å²) in [4.78, 5) is 35.0. The number of aromatic amines is 2. The first-order chi connectivity index (χ1) is 18.5. The largest absolute Gasteiger partial charge is 0.382 e. The van der Waals surface area contributed by atoms with Crippen molar-refractivity contribution >= 4 is 33.4 Å². The molecule has 11 nitrogen and oxygen atoms in total. The second kappa shape index (κ2) is 9.86. The SMILES string of the molecule is COC[C@@H](Nc1c(-c2nc3c(F)cc(N4CCCCC4)cc3[nH]2)c(=O)[nH]c2cn(C)nc12)c1ncccn1. The first kappa shape index (κ1) is 24.0. The van der Waals surface area contributed by atoms with Crippen LogP contribution in [0, 0.1) is 5.82 Å². The van der Waals surface area contributed by atoms with Crippen molar-refractivity contribution in [3.8, 4) is 11.4 Å². The lowest BCUT2D eigenvalue weighted by molar-refractivity contribution is 0.184. The molecule has 12 heteroatoms. The van der Waals surface area contributed by atoms with Crippen molar-refractivity contribution in [2.75, 3.05) is 37.0 Å². The minimum atomic E-state index is -0.487. The summed E-state index contributed by atoms with van der Waals surface area (Å²) >= 11 is 0. The summed E-state index contributed by atoms with van der Waals surface area (Å²) in [6, 6.07) is 4.65. The van der Waals surface area contributed by atoms with Crippen molar-refractivity contribution in [3.05, 3.63) is 58.8 Å². The Labute approximate surface area is 217 Å². The Balaban J connectivity index is 1.50. The average Bonchev–Trinajstić information content (AvgIpc) is 3.52. The van der Waals surface area contributed by atoms with E-state index < -0.39 is 17.4 Å². The van der Waals surface area contributed by atoms with Crippen molar-refractivity contribution in [1.82, 2.24) is 34.7 Å². The van der Waals surface area contributed by atoms with Crippen molar-refractivity contribution in [1.29, 1.82) is 0 Å². The maximum Gasteiger partial charge on any atom is 0.261 e. The lowest BCUT2D eigenvalue weighted by Crippen LogP contribution is -2.29. The van der Waals surface area contributed by atoms with E-state index in [-0.39, 0.29) is 23.5 Å². The lowest BCUT2D eigenvalue weighted by Gasteiger charge is -2.28. The molecule has 5 heterocycles. The molecule has 0 aliphatic carbocycles. The number of hydrogen-bond acceptors (Lipinski definition) is 8. The van der Waals surface area contributed by atoms with Crippen LogP contribution in [-0.4, -0.2) is 61.5 Å². The molecule has 1 saturated heterocycles. The van der Waals surface area contributed by atoms with Crippen LogP contribution in [-0.2, 0) is 11.8 Å². The molecule has 1 aliphatic heterocycles. The summed E-state index contributed by atoms with van der Waals surface area (Å²) < 4.78 is 22.3. The Hall–Kier alpha value is -4.32. The van der Waals surface area contributed by atoms with Crippen molar-refractivity contribution in [3.63, 3.8) is 0 Å². The number of piperidine rings is 1. The third-order valence-electron chi connectivity index (χ3n) is 6.82. The minimum Gasteiger partial charge on any atom is -0.382 e. The van der Waals surface area contributed by atoms with Gasteiger partial charge in [0, 0.05) is 51.5 Å². The van der Waals surface area contributed by atoms with E-state index in [0.717, 1.165) is 31.6 Å². The summed E-state index contributed by atoms with van der Waals surface area (Å²) in [6.45, 7) is 2.01. The highest BCUT2D eigenvalue weighted by Gasteiger charge is 2.25. The van der Waals surface area contributed by atoms with E-state index in [1.54, 1.807) is 43.5 Å². The Kier molecular flexibility index (Phi) is 6.24. The number of rotatable bonds is 7. The number of benzene rings is 1. The van der Waals surface area contributed by atoms with Gasteiger partial charge < -0.3 is 24.9 Å². The monoisotopic (exact) mass is 517 g/mol. The highest BCUT2D eigenvalue weighted by molar-refractivity contribution is 5.97. The van der Waals surface area contributed by atoms with Crippen molar-refractivity contribution in [2.45, 2.75) is 25.3 Å². The van der Waals surface area contributed by atoms with Crippen LogP contribution < -0.4 is 15.8 Å². The molecule has 4 aromatic heterocycles. The molecule has 3 N–H and O–H groups in total. The first-order valence-corrected chi connectivity index (χ1v) is 12.6. The van der Waals surface area contributed by atoms with Gasteiger partial charge in [0.15, 0.2) is 11.6 Å². The number of nitrogens with one attached hydrogen (secondary N) is 3. The zero-order valence-corrected chi connectivity index (χ0v) is 21.2. The molecule has 1 aromatic carbocycles. The van der Waals surface area contributed by atoms with Crippen LogP contribution in [0.25, 0.3) is 33.5 Å². The van der Waals surface area contributed by atoms with E-state index in [1.807, 2.05) is 6.07 Å². The van der Waals surface area contributed by atoms with Crippen LogP contribution in [0.4, 0.5) is 15.8 Å². The summed E-state index contributed by atoms with van der Waals surface area (Å²) in [5.41, 5.74) is 2.81. The van der Waals surface area contributed by atoms with Crippen molar-refractivity contribution < 1.29 is 9.13 Å². The fourth-order valence-electron chi connectivity index (χ4n) is 5.07. The first-order valence-electron chi connectivity index (χ1n) is 12.6. The number of ether oxygens (including phenoxy) is 1. The normalized spacial score (nSPS) is 14.9. The topological polar surface area (TPSA) is 130 Å². The highest BCUT2D eigenvalue weighted by Crippen LogP contribution is 2.34. The molecule has 0 unspecified atom stereocenters. The second-order valence-electron chi connectivity index (χ2n) is 9.49. The average molecular weight is 518 g/mol. The molecule has 0 radical (unpaired) electrons. The molecular weight excluding hydrogens is 489 g/mol. The van der Waals surface area contributed by atoms with E-state index in [4.69, 9.17) is 4.74 Å². The van der Waals surface area contributed by atoms with Crippen LogP contribution in [0.5, 0.6) is 0 Å². The zero-order valence-electron chi connectivity index (χ0n) is 21.2. The van der Waals surface area contributed by atoms with E-state index in [0.29, 0.717) is 28.1 Å². The van der Waals surface area contributed by atoms with E-state index in [2.05, 4.69) is 40.2 Å². The van der Waals surface area contributed by atoms with Gasteiger partial charge in [0.2, 0.25) is 0 Å². The summed E-state index contributed by atoms with van der Waals surface area (Å²) in [5.74, 6) is 0.285. The maximum absolute atomic E-state index is 15.3. The number of fused-ring (bicyclic) bond motifs is 2. The quantitative estimate of drug-likeness (QED) is 0.299. The number of anilines is 2. The van der Waals surface area contributed by atoms with E-state index in [1.165, 1.54) is 12.5 Å². The van der Waals surface area contributed by atoms with Crippen LogP contribution in [0.3, 0.4) is 0 Å². The maximum atomic E-state index is 15.3. The number of pyridine rings is 1. The molecule has 0 saturated carbocycles.